The molecule has 136 valence electrons. The Labute approximate surface area is 155 Å². The molecule has 0 atom stereocenters. The first-order valence-electron chi connectivity index (χ1n) is 8.23. The number of nitrogens with zero attached hydrogens (tertiary/aromatic N) is 3. The lowest BCUT2D eigenvalue weighted by molar-refractivity contribution is 0.0730. The topological polar surface area (TPSA) is 84.4 Å². The largest absolute Gasteiger partial charge is 0.379 e. The van der Waals surface area contributed by atoms with Crippen LogP contribution in [0.3, 0.4) is 0 Å². The Morgan fingerprint density at radius 2 is 1.88 bits per heavy atom. The van der Waals surface area contributed by atoms with Crippen molar-refractivity contribution < 1.29 is 13.2 Å². The molecule has 3 heterocycles. The van der Waals surface area contributed by atoms with Crippen LogP contribution in [0.5, 0.6) is 0 Å². The highest BCUT2D eigenvalue weighted by molar-refractivity contribution is 7.89. The van der Waals surface area contributed by atoms with Gasteiger partial charge in [-0.3, -0.25) is 0 Å². The molecule has 1 aromatic carbocycles. The molecule has 3 aromatic rings. The molecule has 2 aromatic heterocycles. The molecule has 0 radical (unpaired) electrons. The number of morpholine rings is 1. The zero-order chi connectivity index (χ0) is 18.0. The fraction of sp³-hybridized carbons (Fsp3) is 0.294. The summed E-state index contributed by atoms with van der Waals surface area (Å²) in [6.07, 6.45) is 1.54. The van der Waals surface area contributed by atoms with E-state index >= 15 is 0 Å². The van der Waals surface area contributed by atoms with Gasteiger partial charge in [-0.05, 0) is 29.1 Å². The summed E-state index contributed by atoms with van der Waals surface area (Å²) in [5.41, 5.74) is 0.980. The number of fused-ring (bicyclic) bond motifs is 1. The maximum absolute atomic E-state index is 12.6. The number of hydrogen-bond donors (Lipinski definition) is 1. The van der Waals surface area contributed by atoms with Crippen LogP contribution < -0.4 is 5.32 Å². The molecule has 0 aliphatic carbocycles. The second-order valence-corrected chi connectivity index (χ2v) is 8.71. The lowest BCUT2D eigenvalue weighted by Gasteiger charge is -2.26. The zero-order valence-electron chi connectivity index (χ0n) is 14.0. The second kappa shape index (κ2) is 7.28. The van der Waals surface area contributed by atoms with Gasteiger partial charge in [-0.2, -0.15) is 4.31 Å². The Kier molecular flexibility index (Phi) is 4.86. The summed E-state index contributed by atoms with van der Waals surface area (Å²) in [5.74, 6) is 0.779. The number of benzene rings is 1. The van der Waals surface area contributed by atoms with Gasteiger partial charge in [0.05, 0.1) is 23.5 Å². The van der Waals surface area contributed by atoms with Crippen LogP contribution in [0, 0.1) is 0 Å². The van der Waals surface area contributed by atoms with Crippen LogP contribution in [-0.2, 0) is 21.3 Å². The van der Waals surface area contributed by atoms with E-state index in [1.54, 1.807) is 29.8 Å². The predicted octanol–water partition coefficient (Wildman–Crippen LogP) is 2.32. The monoisotopic (exact) mass is 390 g/mol. The third-order valence-electron chi connectivity index (χ3n) is 4.25. The summed E-state index contributed by atoms with van der Waals surface area (Å²) in [5, 5.41) is 6.26. The highest BCUT2D eigenvalue weighted by Gasteiger charge is 2.26. The third-order valence-corrected chi connectivity index (χ3v) is 6.99. The van der Waals surface area contributed by atoms with Crippen LogP contribution in [0.1, 0.15) is 5.56 Å². The number of ether oxygens (including phenoxy) is 1. The quantitative estimate of drug-likeness (QED) is 0.720. The molecule has 1 fully saturated rings. The van der Waals surface area contributed by atoms with Gasteiger partial charge in [0.1, 0.15) is 17.0 Å². The molecule has 1 saturated heterocycles. The second-order valence-electron chi connectivity index (χ2n) is 5.88. The number of anilines is 1. The summed E-state index contributed by atoms with van der Waals surface area (Å²) in [7, 11) is -3.45. The number of hydrogen-bond acceptors (Lipinski definition) is 7. The maximum atomic E-state index is 12.6. The van der Waals surface area contributed by atoms with E-state index in [-0.39, 0.29) is 0 Å². The average molecular weight is 390 g/mol. The van der Waals surface area contributed by atoms with E-state index in [1.807, 2.05) is 23.6 Å². The van der Waals surface area contributed by atoms with Gasteiger partial charge in [-0.25, -0.2) is 18.4 Å². The minimum Gasteiger partial charge on any atom is -0.379 e. The molecule has 7 nitrogen and oxygen atoms in total. The van der Waals surface area contributed by atoms with Gasteiger partial charge in [0.25, 0.3) is 0 Å². The minimum absolute atomic E-state index is 0.311. The molecule has 26 heavy (non-hydrogen) atoms. The van der Waals surface area contributed by atoms with Crippen LogP contribution in [0.25, 0.3) is 10.2 Å². The fourth-order valence-electron chi connectivity index (χ4n) is 2.83. The van der Waals surface area contributed by atoms with Gasteiger partial charge >= 0.3 is 0 Å². The number of sulfonamides is 1. The first-order chi connectivity index (χ1) is 12.6. The van der Waals surface area contributed by atoms with E-state index in [0.29, 0.717) is 37.7 Å². The van der Waals surface area contributed by atoms with Gasteiger partial charge in [-0.15, -0.1) is 11.3 Å². The number of nitrogens with one attached hydrogen (secondary N) is 1. The van der Waals surface area contributed by atoms with E-state index in [9.17, 15) is 8.42 Å². The Morgan fingerprint density at radius 1 is 1.12 bits per heavy atom. The average Bonchev–Trinajstić information content (AvgIpc) is 3.17. The van der Waals surface area contributed by atoms with Gasteiger partial charge in [-0.1, -0.05) is 12.1 Å². The van der Waals surface area contributed by atoms with Crippen molar-refractivity contribution in [2.45, 2.75) is 11.4 Å². The summed E-state index contributed by atoms with van der Waals surface area (Å²) in [4.78, 5) is 9.76. The highest BCUT2D eigenvalue weighted by atomic mass is 32.2. The van der Waals surface area contributed by atoms with Crippen LogP contribution in [0.15, 0.2) is 46.9 Å². The molecule has 1 aliphatic heterocycles. The van der Waals surface area contributed by atoms with E-state index in [2.05, 4.69) is 15.3 Å². The standard InChI is InChI=1S/C17H18N4O3S2/c22-26(23,21-6-8-24-9-7-21)14-3-1-13(2-4-14)11-18-16-15-5-10-25-17(15)20-12-19-16/h1-5,10,12H,6-9,11H2,(H,18,19,20). The third kappa shape index (κ3) is 3.43. The van der Waals surface area contributed by atoms with Crippen molar-refractivity contribution in [1.29, 1.82) is 0 Å². The van der Waals surface area contributed by atoms with Gasteiger partial charge in [0.15, 0.2) is 0 Å². The summed E-state index contributed by atoms with van der Waals surface area (Å²) in [6, 6.07) is 8.95. The molecule has 9 heteroatoms. The highest BCUT2D eigenvalue weighted by Crippen LogP contribution is 2.24. The van der Waals surface area contributed by atoms with Crippen molar-refractivity contribution in [3.63, 3.8) is 0 Å². The van der Waals surface area contributed by atoms with Crippen molar-refractivity contribution in [1.82, 2.24) is 14.3 Å². The van der Waals surface area contributed by atoms with Gasteiger partial charge < -0.3 is 10.1 Å². The molecular formula is C17H18N4O3S2. The summed E-state index contributed by atoms with van der Waals surface area (Å²) in [6.45, 7) is 2.24. The Hall–Kier alpha value is -2.07. The van der Waals surface area contributed by atoms with Crippen molar-refractivity contribution in [2.24, 2.45) is 0 Å². The van der Waals surface area contributed by atoms with Crippen molar-refractivity contribution >= 4 is 37.4 Å². The first-order valence-corrected chi connectivity index (χ1v) is 10.6. The Balaban J connectivity index is 1.47. The molecule has 0 unspecified atom stereocenters. The van der Waals surface area contributed by atoms with E-state index in [1.165, 1.54) is 4.31 Å². The number of aromatic nitrogens is 2. The zero-order valence-corrected chi connectivity index (χ0v) is 15.6. The lowest BCUT2D eigenvalue weighted by atomic mass is 10.2. The molecule has 0 amide bonds. The molecule has 4 rings (SSSR count). The fourth-order valence-corrected chi connectivity index (χ4v) is 4.97. The van der Waals surface area contributed by atoms with E-state index < -0.39 is 10.0 Å². The lowest BCUT2D eigenvalue weighted by Crippen LogP contribution is -2.40. The number of thiophene rings is 1. The van der Waals surface area contributed by atoms with Crippen LogP contribution >= 0.6 is 11.3 Å². The van der Waals surface area contributed by atoms with Gasteiger partial charge in [0, 0.05) is 19.6 Å². The van der Waals surface area contributed by atoms with Crippen molar-refractivity contribution in [3.05, 3.63) is 47.6 Å². The summed E-state index contributed by atoms with van der Waals surface area (Å²) < 4.78 is 32.0. The molecule has 0 bridgehead atoms. The molecule has 1 aliphatic rings. The molecular weight excluding hydrogens is 372 g/mol. The predicted molar refractivity (Wildman–Crippen MR) is 101 cm³/mol. The van der Waals surface area contributed by atoms with Crippen LogP contribution in [0.4, 0.5) is 5.82 Å². The minimum atomic E-state index is -3.45. The van der Waals surface area contributed by atoms with Crippen molar-refractivity contribution in [3.8, 4) is 0 Å². The first kappa shape index (κ1) is 17.3. The van der Waals surface area contributed by atoms with Crippen LogP contribution in [0.2, 0.25) is 0 Å². The maximum Gasteiger partial charge on any atom is 0.243 e. The normalized spacial score (nSPS) is 16.0. The van der Waals surface area contributed by atoms with Crippen molar-refractivity contribution in [2.75, 3.05) is 31.6 Å². The van der Waals surface area contributed by atoms with E-state index in [0.717, 1.165) is 21.6 Å². The van der Waals surface area contributed by atoms with E-state index in [4.69, 9.17) is 4.74 Å². The Morgan fingerprint density at radius 3 is 2.65 bits per heavy atom. The molecule has 0 saturated carbocycles. The Bertz CT molecular complexity index is 996. The number of rotatable bonds is 5. The SMILES string of the molecule is O=S(=O)(c1ccc(CNc2ncnc3sccc23)cc1)N1CCOCC1. The van der Waals surface area contributed by atoms with Gasteiger partial charge in [0.2, 0.25) is 10.0 Å². The smallest absolute Gasteiger partial charge is 0.243 e. The molecule has 1 N–H and O–H groups in total. The molecule has 0 spiro atoms. The summed E-state index contributed by atoms with van der Waals surface area (Å²) >= 11 is 1.57. The van der Waals surface area contributed by atoms with Crippen LogP contribution in [-0.4, -0.2) is 49.0 Å².